The zero-order valence-electron chi connectivity index (χ0n) is 22.1. The zero-order chi connectivity index (χ0) is 25.3. The molecule has 0 amide bonds. The maximum absolute atomic E-state index is 2.46. The number of hydrogen-bond acceptors (Lipinski definition) is 0. The van der Waals surface area contributed by atoms with E-state index in [0.29, 0.717) is 29.6 Å². The summed E-state index contributed by atoms with van der Waals surface area (Å²) in [7, 11) is 0. The van der Waals surface area contributed by atoms with E-state index in [-0.39, 0.29) is 0 Å². The lowest BCUT2D eigenvalue weighted by Gasteiger charge is -2.50. The number of hydrogen-bond donors (Lipinski definition) is 0. The molecular weight excluding hydrogens is 456 g/mol. The SMILES string of the molecule is Cc1c2c(c(C(C)C)c3c1C1c4ccccc4C3c3ccccc31)C1c3ccccc3C2c2ccccc21. The molecule has 0 radical (unpaired) electrons. The highest BCUT2D eigenvalue weighted by molar-refractivity contribution is 5.78. The van der Waals surface area contributed by atoms with Crippen LogP contribution in [0, 0.1) is 6.92 Å². The van der Waals surface area contributed by atoms with E-state index >= 15 is 0 Å². The Bertz CT molecular complexity index is 1610. The molecule has 0 heteroatoms. The van der Waals surface area contributed by atoms with Crippen LogP contribution < -0.4 is 0 Å². The summed E-state index contributed by atoms with van der Waals surface area (Å²) in [4.78, 5) is 0. The van der Waals surface area contributed by atoms with Crippen molar-refractivity contribution in [1.82, 2.24) is 0 Å². The molecule has 4 bridgehead atoms. The van der Waals surface area contributed by atoms with Gasteiger partial charge in [-0.1, -0.05) is 111 Å². The third-order valence-corrected chi connectivity index (χ3v) is 10.2. The first-order chi connectivity index (χ1) is 18.7. The van der Waals surface area contributed by atoms with Crippen molar-refractivity contribution in [3.05, 3.63) is 175 Å². The van der Waals surface area contributed by atoms with E-state index in [9.17, 15) is 0 Å². The van der Waals surface area contributed by atoms with Crippen molar-refractivity contribution >= 4 is 0 Å². The summed E-state index contributed by atoms with van der Waals surface area (Å²) in [6.07, 6.45) is 0. The summed E-state index contributed by atoms with van der Waals surface area (Å²) in [5.41, 5.74) is 21.8. The van der Waals surface area contributed by atoms with Crippen LogP contribution in [0.5, 0.6) is 0 Å². The predicted octanol–water partition coefficient (Wildman–Crippen LogP) is 9.09. The third-order valence-electron chi connectivity index (χ3n) is 10.2. The van der Waals surface area contributed by atoms with Gasteiger partial charge in [0.05, 0.1) is 0 Å². The first kappa shape index (κ1) is 21.1. The maximum atomic E-state index is 2.46. The van der Waals surface area contributed by atoms with Gasteiger partial charge < -0.3 is 0 Å². The second kappa shape index (κ2) is 7.14. The van der Waals surface area contributed by atoms with Gasteiger partial charge in [-0.3, -0.25) is 0 Å². The molecule has 0 aromatic heterocycles. The van der Waals surface area contributed by atoms with E-state index in [2.05, 4.69) is 118 Å². The van der Waals surface area contributed by atoms with Crippen molar-refractivity contribution in [2.24, 2.45) is 0 Å². The van der Waals surface area contributed by atoms with Crippen LogP contribution in [0.1, 0.15) is 121 Å². The lowest BCUT2D eigenvalue weighted by Crippen LogP contribution is -2.35. The van der Waals surface area contributed by atoms with Gasteiger partial charge in [-0.05, 0) is 90.7 Å². The Labute approximate surface area is 225 Å². The van der Waals surface area contributed by atoms with E-state index in [0.717, 1.165) is 0 Å². The van der Waals surface area contributed by atoms with Gasteiger partial charge in [0.25, 0.3) is 0 Å². The van der Waals surface area contributed by atoms with E-state index in [1.165, 1.54) is 50.1 Å². The zero-order valence-corrected chi connectivity index (χ0v) is 22.1. The van der Waals surface area contributed by atoms with Gasteiger partial charge in [0.15, 0.2) is 0 Å². The van der Waals surface area contributed by atoms with Crippen molar-refractivity contribution in [3.8, 4) is 0 Å². The van der Waals surface area contributed by atoms with Crippen LogP contribution in [0.15, 0.2) is 97.1 Å². The smallest absolute Gasteiger partial charge is 0.0352 e. The molecule has 0 fully saturated rings. The standard InChI is InChI=1S/C38H30/c1-20(2)30-37-31(33-22-12-4-8-16-26(22)35(37)27-17-9-5-13-23(27)33)21(3)32-34-24-14-6-10-18-28(24)36(38(30)32)29-19-11-7-15-25(29)34/h4-20,33-36H,1-3H3. The summed E-state index contributed by atoms with van der Waals surface area (Å²) in [6.45, 7) is 7.33. The lowest BCUT2D eigenvalue weighted by atomic mass is 9.53. The Hall–Kier alpha value is -3.90. The second-order valence-electron chi connectivity index (χ2n) is 12.1. The second-order valence-corrected chi connectivity index (χ2v) is 12.1. The van der Waals surface area contributed by atoms with Crippen molar-refractivity contribution in [1.29, 1.82) is 0 Å². The van der Waals surface area contributed by atoms with E-state index in [4.69, 9.17) is 0 Å². The van der Waals surface area contributed by atoms with E-state index in [1.807, 2.05) is 0 Å². The topological polar surface area (TPSA) is 0 Å². The van der Waals surface area contributed by atoms with E-state index in [1.54, 1.807) is 27.8 Å². The van der Waals surface area contributed by atoms with Crippen molar-refractivity contribution < 1.29 is 0 Å². The monoisotopic (exact) mass is 486 g/mol. The molecular formula is C38H30. The molecule has 0 unspecified atom stereocenters. The molecule has 182 valence electrons. The third kappa shape index (κ3) is 2.30. The molecule has 5 aromatic carbocycles. The molecule has 0 saturated carbocycles. The average Bonchev–Trinajstić information content (AvgIpc) is 2.96. The molecule has 0 atom stereocenters. The molecule has 38 heavy (non-hydrogen) atoms. The van der Waals surface area contributed by atoms with Gasteiger partial charge in [-0.25, -0.2) is 0 Å². The van der Waals surface area contributed by atoms with Gasteiger partial charge in [0, 0.05) is 23.7 Å². The first-order valence-electron chi connectivity index (χ1n) is 14.2. The Morgan fingerprint density at radius 3 is 0.868 bits per heavy atom. The van der Waals surface area contributed by atoms with Gasteiger partial charge >= 0.3 is 0 Å². The summed E-state index contributed by atoms with van der Waals surface area (Å²) < 4.78 is 0. The largest absolute Gasteiger partial charge is 0.0619 e. The Morgan fingerprint density at radius 2 is 0.632 bits per heavy atom. The summed E-state index contributed by atoms with van der Waals surface area (Å²) in [5.74, 6) is 1.72. The molecule has 6 aliphatic rings. The minimum Gasteiger partial charge on any atom is -0.0619 e. The summed E-state index contributed by atoms with van der Waals surface area (Å²) in [6, 6.07) is 37.2. The van der Waals surface area contributed by atoms with Crippen LogP contribution in [0.3, 0.4) is 0 Å². The molecule has 0 spiro atoms. The van der Waals surface area contributed by atoms with Crippen LogP contribution in [-0.2, 0) is 0 Å². The Morgan fingerprint density at radius 1 is 0.395 bits per heavy atom. The lowest BCUT2D eigenvalue weighted by molar-refractivity contribution is 0.671. The fraction of sp³-hybridized carbons (Fsp3) is 0.211. The summed E-state index contributed by atoms with van der Waals surface area (Å²) in [5, 5.41) is 0. The minimum absolute atomic E-state index is 0.315. The molecule has 11 rings (SSSR count). The number of benzene rings is 5. The van der Waals surface area contributed by atoms with Crippen LogP contribution >= 0.6 is 0 Å². The van der Waals surface area contributed by atoms with Crippen LogP contribution in [-0.4, -0.2) is 0 Å². The van der Waals surface area contributed by atoms with Crippen molar-refractivity contribution in [3.63, 3.8) is 0 Å². The first-order valence-corrected chi connectivity index (χ1v) is 14.2. The Balaban J connectivity index is 1.46. The fourth-order valence-corrected chi connectivity index (χ4v) is 9.03. The average molecular weight is 487 g/mol. The molecule has 0 aliphatic heterocycles. The van der Waals surface area contributed by atoms with Crippen LogP contribution in [0.4, 0.5) is 0 Å². The van der Waals surface area contributed by atoms with E-state index < -0.39 is 0 Å². The maximum Gasteiger partial charge on any atom is 0.0352 e. The molecule has 0 heterocycles. The van der Waals surface area contributed by atoms with Gasteiger partial charge in [0.1, 0.15) is 0 Å². The van der Waals surface area contributed by atoms with Gasteiger partial charge in [0.2, 0.25) is 0 Å². The molecule has 5 aromatic rings. The van der Waals surface area contributed by atoms with Crippen LogP contribution in [0.25, 0.3) is 0 Å². The normalized spacial score (nSPS) is 22.3. The Kier molecular flexibility index (Phi) is 3.96. The number of rotatable bonds is 1. The van der Waals surface area contributed by atoms with Gasteiger partial charge in [-0.15, -0.1) is 0 Å². The van der Waals surface area contributed by atoms with Crippen molar-refractivity contribution in [2.45, 2.75) is 50.4 Å². The summed E-state index contributed by atoms with van der Waals surface area (Å²) >= 11 is 0. The highest BCUT2D eigenvalue weighted by Gasteiger charge is 2.49. The molecule has 0 N–H and O–H groups in total. The molecule has 0 saturated heterocycles. The minimum atomic E-state index is 0.315. The quantitative estimate of drug-likeness (QED) is 0.217. The predicted molar refractivity (Wildman–Crippen MR) is 155 cm³/mol. The molecule has 0 nitrogen and oxygen atoms in total. The molecule has 6 aliphatic carbocycles. The highest BCUT2D eigenvalue weighted by Crippen LogP contribution is 2.64. The van der Waals surface area contributed by atoms with Crippen molar-refractivity contribution in [2.75, 3.05) is 0 Å². The highest BCUT2D eigenvalue weighted by atomic mass is 14.5. The fourth-order valence-electron chi connectivity index (χ4n) is 9.03. The van der Waals surface area contributed by atoms with Gasteiger partial charge in [-0.2, -0.15) is 0 Å². The van der Waals surface area contributed by atoms with Crippen LogP contribution in [0.2, 0.25) is 0 Å².